The van der Waals surface area contributed by atoms with Crippen LogP contribution in [0, 0.1) is 0 Å². The second-order valence-electron chi connectivity index (χ2n) is 22.8. The Morgan fingerprint density at radius 2 is 0.511 bits per heavy atom. The molecule has 17 aromatic rings. The summed E-state index contributed by atoms with van der Waals surface area (Å²) in [5, 5.41) is 7.33. The number of fused-ring (bicyclic) bond motifs is 9. The number of ether oxygens (including phenoxy) is 1. The predicted molar refractivity (Wildman–Crippen MR) is 373 cm³/mol. The third kappa shape index (κ3) is 9.14. The molecule has 0 atom stereocenters. The van der Waals surface area contributed by atoms with Crippen LogP contribution in [0.15, 0.2) is 328 Å². The Labute approximate surface area is 514 Å². The fourth-order valence-corrected chi connectivity index (χ4v) is 14.3. The summed E-state index contributed by atoms with van der Waals surface area (Å²) >= 11 is 1.86. The fraction of sp³-hybridized carbons (Fsp3) is 0. The van der Waals surface area contributed by atoms with E-state index in [0.717, 1.165) is 78.1 Å². The standard InChI is InChI=1S/C84H54N2OS/c1-4-17-55(18-5-1)56-19-12-20-57(45-56)58-21-13-22-59(46-58)60-23-14-24-61(47-60)62-25-15-26-63(48-62)64-27-16-32-71(49-64)87-72-39-43-82-77(54-72)76-52-66(36-42-81(76)86(82)70-30-8-3-9-31-70)65-35-40-79-74(50-65)75-51-67(37-41-80(75)85(79)69-28-6-2-7-29-69)68-38-44-84-78(53-68)73-33-10-11-34-83(73)88-84/h1-54H. The summed E-state index contributed by atoms with van der Waals surface area (Å²) in [6, 6.07) is 119. The summed E-state index contributed by atoms with van der Waals surface area (Å²) in [5.74, 6) is 1.55. The van der Waals surface area contributed by atoms with Crippen LogP contribution in [0.5, 0.6) is 11.5 Å². The van der Waals surface area contributed by atoms with Crippen LogP contribution >= 0.6 is 11.3 Å². The Balaban J connectivity index is 0.702. The zero-order valence-corrected chi connectivity index (χ0v) is 48.7. The van der Waals surface area contributed by atoms with Crippen LogP contribution in [-0.4, -0.2) is 9.13 Å². The SMILES string of the molecule is c1ccc(-c2cccc(-c3cccc(-c4cccc(-c5cccc(-c6cccc(Oc7ccc8c(c7)c7cc(-c9ccc%10c(c9)c9cc(-c%11ccc%12sc%13ccccc%13c%12c%11)ccc9n%10-c9ccccc9)ccc7n8-c7ccccc7)c6)c5)c4)c3)c2)cc1. The number of aromatic nitrogens is 2. The normalized spacial score (nSPS) is 11.6. The van der Waals surface area contributed by atoms with Crippen LogP contribution < -0.4 is 4.74 Å². The summed E-state index contributed by atoms with van der Waals surface area (Å²) in [7, 11) is 0. The van der Waals surface area contributed by atoms with Gasteiger partial charge in [-0.1, -0.05) is 194 Å². The molecule has 0 unspecified atom stereocenters. The van der Waals surface area contributed by atoms with Crippen molar-refractivity contribution in [2.45, 2.75) is 0 Å². The number of rotatable bonds is 11. The quantitative estimate of drug-likeness (QED) is 0.126. The predicted octanol–water partition coefficient (Wildman–Crippen LogP) is 23.7. The molecule has 0 bridgehead atoms. The third-order valence-electron chi connectivity index (χ3n) is 17.5. The molecule has 0 spiro atoms. The van der Waals surface area contributed by atoms with Gasteiger partial charge in [-0.2, -0.15) is 0 Å². The van der Waals surface area contributed by atoms with Gasteiger partial charge in [-0.15, -0.1) is 11.3 Å². The number of nitrogens with zero attached hydrogens (tertiary/aromatic N) is 2. The van der Waals surface area contributed by atoms with Crippen molar-refractivity contribution in [1.82, 2.24) is 9.13 Å². The molecule has 0 saturated heterocycles. The molecule has 17 rings (SSSR count). The van der Waals surface area contributed by atoms with Crippen molar-refractivity contribution < 1.29 is 4.74 Å². The largest absolute Gasteiger partial charge is 0.457 e. The number of thiophene rings is 1. The maximum atomic E-state index is 6.87. The van der Waals surface area contributed by atoms with Crippen LogP contribution in [0.3, 0.4) is 0 Å². The Hall–Kier alpha value is -11.3. The van der Waals surface area contributed by atoms with Gasteiger partial charge in [-0.05, 0) is 211 Å². The van der Waals surface area contributed by atoms with Gasteiger partial charge in [0.25, 0.3) is 0 Å². The summed E-state index contributed by atoms with van der Waals surface area (Å²) in [4.78, 5) is 0. The van der Waals surface area contributed by atoms with E-state index in [0.29, 0.717) is 0 Å². The molecule has 0 aliphatic heterocycles. The van der Waals surface area contributed by atoms with Gasteiger partial charge in [-0.3, -0.25) is 0 Å². The molecule has 4 heteroatoms. The Bertz CT molecular complexity index is 5540. The first kappa shape index (κ1) is 51.1. The summed E-state index contributed by atoms with van der Waals surface area (Å²) < 4.78 is 14.3. The molecule has 3 nitrogen and oxygen atoms in total. The van der Waals surface area contributed by atoms with E-state index in [2.05, 4.69) is 337 Å². The third-order valence-corrected chi connectivity index (χ3v) is 18.7. The molecule has 14 aromatic carbocycles. The van der Waals surface area contributed by atoms with Gasteiger partial charge in [0.1, 0.15) is 11.5 Å². The average molecular weight is 1140 g/mol. The van der Waals surface area contributed by atoms with Crippen LogP contribution in [0.25, 0.3) is 153 Å². The highest BCUT2D eigenvalue weighted by molar-refractivity contribution is 7.25. The number of benzene rings is 14. The van der Waals surface area contributed by atoms with E-state index in [-0.39, 0.29) is 0 Å². The second-order valence-corrected chi connectivity index (χ2v) is 23.9. The van der Waals surface area contributed by atoms with Crippen molar-refractivity contribution in [3.05, 3.63) is 328 Å². The van der Waals surface area contributed by atoms with E-state index in [1.807, 2.05) is 11.3 Å². The topological polar surface area (TPSA) is 19.1 Å². The van der Waals surface area contributed by atoms with Gasteiger partial charge in [0.2, 0.25) is 0 Å². The molecule has 0 saturated carbocycles. The van der Waals surface area contributed by atoms with Crippen LogP contribution in [0.1, 0.15) is 0 Å². The van der Waals surface area contributed by atoms with E-state index < -0.39 is 0 Å². The van der Waals surface area contributed by atoms with Gasteiger partial charge in [-0.25, -0.2) is 0 Å². The first-order valence-electron chi connectivity index (χ1n) is 30.0. The molecular formula is C84H54N2OS. The van der Waals surface area contributed by atoms with Gasteiger partial charge in [0.15, 0.2) is 0 Å². The summed E-state index contributed by atoms with van der Waals surface area (Å²) in [6.45, 7) is 0. The van der Waals surface area contributed by atoms with E-state index in [4.69, 9.17) is 4.74 Å². The molecule has 0 aliphatic rings. The highest BCUT2D eigenvalue weighted by Gasteiger charge is 2.19. The van der Waals surface area contributed by atoms with E-state index in [1.54, 1.807) is 0 Å². The van der Waals surface area contributed by atoms with Crippen LogP contribution in [0.2, 0.25) is 0 Å². The average Bonchev–Trinajstić information content (AvgIpc) is 3.49. The lowest BCUT2D eigenvalue weighted by Crippen LogP contribution is -1.93. The van der Waals surface area contributed by atoms with Gasteiger partial charge in [0, 0.05) is 53.1 Å². The molecule has 3 heterocycles. The Morgan fingerprint density at radius 1 is 0.193 bits per heavy atom. The lowest BCUT2D eigenvalue weighted by Gasteiger charge is -2.12. The summed E-state index contributed by atoms with van der Waals surface area (Å²) in [5.41, 5.74) is 23.3. The van der Waals surface area contributed by atoms with E-state index >= 15 is 0 Å². The monoisotopic (exact) mass is 1140 g/mol. The van der Waals surface area contributed by atoms with Gasteiger partial charge < -0.3 is 13.9 Å². The number of hydrogen-bond acceptors (Lipinski definition) is 2. The second kappa shape index (κ2) is 21.3. The van der Waals surface area contributed by atoms with Crippen LogP contribution in [-0.2, 0) is 0 Å². The minimum Gasteiger partial charge on any atom is -0.457 e. The Kier molecular flexibility index (Phi) is 12.4. The molecule has 0 fully saturated rings. The molecule has 0 amide bonds. The number of hydrogen-bond donors (Lipinski definition) is 0. The first-order chi connectivity index (χ1) is 43.6. The van der Waals surface area contributed by atoms with Crippen molar-refractivity contribution in [3.63, 3.8) is 0 Å². The van der Waals surface area contributed by atoms with Crippen molar-refractivity contribution >= 4 is 75.1 Å². The fourth-order valence-electron chi connectivity index (χ4n) is 13.3. The number of para-hydroxylation sites is 2. The van der Waals surface area contributed by atoms with Gasteiger partial charge >= 0.3 is 0 Å². The summed E-state index contributed by atoms with van der Waals surface area (Å²) in [6.07, 6.45) is 0. The molecule has 0 aliphatic carbocycles. The van der Waals surface area contributed by atoms with Gasteiger partial charge in [0.05, 0.1) is 22.1 Å². The molecule has 412 valence electrons. The molecule has 0 radical (unpaired) electrons. The lowest BCUT2D eigenvalue weighted by atomic mass is 9.94. The van der Waals surface area contributed by atoms with Crippen molar-refractivity contribution in [3.8, 4) is 101 Å². The molecule has 3 aromatic heterocycles. The molecular weight excluding hydrogens is 1090 g/mol. The lowest BCUT2D eigenvalue weighted by molar-refractivity contribution is 0.483. The molecule has 88 heavy (non-hydrogen) atoms. The van der Waals surface area contributed by atoms with Crippen LogP contribution in [0.4, 0.5) is 0 Å². The van der Waals surface area contributed by atoms with Crippen molar-refractivity contribution in [2.24, 2.45) is 0 Å². The van der Waals surface area contributed by atoms with Crippen molar-refractivity contribution in [2.75, 3.05) is 0 Å². The smallest absolute Gasteiger partial charge is 0.128 e. The first-order valence-corrected chi connectivity index (χ1v) is 30.8. The van der Waals surface area contributed by atoms with Crippen molar-refractivity contribution in [1.29, 1.82) is 0 Å². The maximum Gasteiger partial charge on any atom is 0.128 e. The zero-order chi connectivity index (χ0) is 58.1. The highest BCUT2D eigenvalue weighted by Crippen LogP contribution is 2.43. The zero-order valence-electron chi connectivity index (χ0n) is 47.9. The molecule has 0 N–H and O–H groups in total. The highest BCUT2D eigenvalue weighted by atomic mass is 32.1. The van der Waals surface area contributed by atoms with E-state index in [9.17, 15) is 0 Å². The minimum absolute atomic E-state index is 0.776. The maximum absolute atomic E-state index is 6.87. The minimum atomic E-state index is 0.776. The van der Waals surface area contributed by atoms with E-state index in [1.165, 1.54) is 86.5 Å². The Morgan fingerprint density at radius 3 is 0.989 bits per heavy atom.